The summed E-state index contributed by atoms with van der Waals surface area (Å²) in [6.45, 7) is 16.4. The van der Waals surface area contributed by atoms with E-state index in [4.69, 9.17) is 0 Å². The fourth-order valence-corrected chi connectivity index (χ4v) is 5.20. The van der Waals surface area contributed by atoms with Gasteiger partial charge in [0.25, 0.3) is 5.91 Å². The quantitative estimate of drug-likeness (QED) is 0.316. The van der Waals surface area contributed by atoms with E-state index in [0.29, 0.717) is 18.2 Å². The zero-order valence-electron chi connectivity index (χ0n) is 22.9. The first-order chi connectivity index (χ1) is 17.8. The van der Waals surface area contributed by atoms with Gasteiger partial charge in [0.1, 0.15) is 5.69 Å². The molecule has 4 rings (SSSR count). The van der Waals surface area contributed by atoms with Gasteiger partial charge in [0, 0.05) is 31.9 Å². The van der Waals surface area contributed by atoms with Crippen LogP contribution < -0.4 is 0 Å². The van der Waals surface area contributed by atoms with Crippen molar-refractivity contribution in [2.24, 2.45) is 5.92 Å². The third-order valence-electron chi connectivity index (χ3n) is 7.38. The predicted molar refractivity (Wildman–Crippen MR) is 154 cm³/mol. The average Bonchev–Trinajstić information content (AvgIpc) is 2.90. The second-order valence-corrected chi connectivity index (χ2v) is 10.9. The first-order valence-electron chi connectivity index (χ1n) is 13.6. The molecular weight excluding hydrogens is 454 g/mol. The fourth-order valence-electron chi connectivity index (χ4n) is 5.20. The molecule has 0 radical (unpaired) electrons. The van der Waals surface area contributed by atoms with Crippen LogP contribution in [-0.4, -0.2) is 46.4 Å². The summed E-state index contributed by atoms with van der Waals surface area (Å²) >= 11 is 0. The van der Waals surface area contributed by atoms with E-state index >= 15 is 0 Å². The molecule has 2 heterocycles. The van der Waals surface area contributed by atoms with Gasteiger partial charge in [0.05, 0.1) is 0 Å². The standard InChI is InChI=1S/C33H41N3O/c1-6-27-9-12-32(34-22-27)33(37)36(31-14-17-35(18-15-31)16-13-24(2)3)23-28-7-10-29(11-8-28)30-20-25(4)19-26(5)21-30/h6-12,19-22,24,31H,1,13-18,23H2,2-5H3. The minimum Gasteiger partial charge on any atom is -0.330 e. The van der Waals surface area contributed by atoms with Crippen LogP contribution in [0.5, 0.6) is 0 Å². The van der Waals surface area contributed by atoms with E-state index in [1.54, 1.807) is 12.3 Å². The lowest BCUT2D eigenvalue weighted by Crippen LogP contribution is -2.47. The van der Waals surface area contributed by atoms with Gasteiger partial charge in [-0.1, -0.05) is 86.2 Å². The van der Waals surface area contributed by atoms with Crippen molar-refractivity contribution in [1.82, 2.24) is 14.8 Å². The second kappa shape index (κ2) is 12.3. The van der Waals surface area contributed by atoms with Crippen molar-refractivity contribution in [3.05, 3.63) is 95.3 Å². The summed E-state index contributed by atoms with van der Waals surface area (Å²) in [4.78, 5) is 22.8. The molecule has 4 heteroatoms. The molecular formula is C33H41N3O. The van der Waals surface area contributed by atoms with Crippen LogP contribution in [0.25, 0.3) is 17.2 Å². The van der Waals surface area contributed by atoms with Crippen LogP contribution in [-0.2, 0) is 6.54 Å². The third-order valence-corrected chi connectivity index (χ3v) is 7.38. The Kier molecular flexibility index (Phi) is 8.94. The van der Waals surface area contributed by atoms with Gasteiger partial charge in [-0.05, 0) is 73.9 Å². The molecule has 0 bridgehead atoms. The highest BCUT2D eigenvalue weighted by atomic mass is 16.2. The van der Waals surface area contributed by atoms with Gasteiger partial charge in [-0.25, -0.2) is 0 Å². The van der Waals surface area contributed by atoms with Crippen molar-refractivity contribution in [3.63, 3.8) is 0 Å². The van der Waals surface area contributed by atoms with Crippen LogP contribution in [0.2, 0.25) is 0 Å². The molecule has 0 unspecified atom stereocenters. The zero-order valence-corrected chi connectivity index (χ0v) is 22.9. The highest BCUT2D eigenvalue weighted by molar-refractivity contribution is 5.92. The Morgan fingerprint density at radius 3 is 2.27 bits per heavy atom. The van der Waals surface area contributed by atoms with Crippen LogP contribution in [0, 0.1) is 19.8 Å². The number of rotatable bonds is 9. The van der Waals surface area contributed by atoms with E-state index in [0.717, 1.165) is 43.6 Å². The number of aromatic nitrogens is 1. The summed E-state index contributed by atoms with van der Waals surface area (Å²) in [5.74, 6) is 0.724. The van der Waals surface area contributed by atoms with Crippen LogP contribution >= 0.6 is 0 Å². The van der Waals surface area contributed by atoms with Crippen LogP contribution in [0.15, 0.2) is 67.4 Å². The van der Waals surface area contributed by atoms with Crippen molar-refractivity contribution in [1.29, 1.82) is 0 Å². The highest BCUT2D eigenvalue weighted by Gasteiger charge is 2.29. The molecule has 3 aromatic rings. The van der Waals surface area contributed by atoms with Crippen LogP contribution in [0.4, 0.5) is 0 Å². The molecule has 37 heavy (non-hydrogen) atoms. The third kappa shape index (κ3) is 7.17. The van der Waals surface area contributed by atoms with Gasteiger partial charge in [0.15, 0.2) is 0 Å². The first-order valence-corrected chi connectivity index (χ1v) is 13.6. The molecule has 0 saturated carbocycles. The Hall–Kier alpha value is -3.24. The largest absolute Gasteiger partial charge is 0.330 e. The molecule has 0 spiro atoms. The molecule has 1 saturated heterocycles. The van der Waals surface area contributed by atoms with Gasteiger partial charge < -0.3 is 9.80 Å². The molecule has 1 aromatic heterocycles. The van der Waals surface area contributed by atoms with Gasteiger partial charge in [-0.3, -0.25) is 9.78 Å². The number of hydrogen-bond donors (Lipinski definition) is 0. The minimum atomic E-state index is 0.00891. The van der Waals surface area contributed by atoms with Crippen molar-refractivity contribution in [3.8, 4) is 11.1 Å². The number of benzene rings is 2. The maximum absolute atomic E-state index is 13.7. The molecule has 1 aliphatic heterocycles. The topological polar surface area (TPSA) is 36.4 Å². The van der Waals surface area contributed by atoms with Crippen LogP contribution in [0.1, 0.15) is 65.9 Å². The van der Waals surface area contributed by atoms with Crippen molar-refractivity contribution in [2.75, 3.05) is 19.6 Å². The smallest absolute Gasteiger partial charge is 0.272 e. The monoisotopic (exact) mass is 495 g/mol. The average molecular weight is 496 g/mol. The maximum Gasteiger partial charge on any atom is 0.272 e. The highest BCUT2D eigenvalue weighted by Crippen LogP contribution is 2.25. The summed E-state index contributed by atoms with van der Waals surface area (Å²) in [5.41, 5.74) is 7.54. The Morgan fingerprint density at radius 1 is 1.03 bits per heavy atom. The predicted octanol–water partition coefficient (Wildman–Crippen LogP) is 7.16. The fraction of sp³-hybridized carbons (Fsp3) is 0.394. The van der Waals surface area contributed by atoms with E-state index in [-0.39, 0.29) is 11.9 Å². The van der Waals surface area contributed by atoms with Gasteiger partial charge in [-0.2, -0.15) is 0 Å². The van der Waals surface area contributed by atoms with E-state index in [9.17, 15) is 4.79 Å². The molecule has 2 aromatic carbocycles. The summed E-state index contributed by atoms with van der Waals surface area (Å²) < 4.78 is 0. The van der Waals surface area contributed by atoms with Crippen molar-refractivity contribution in [2.45, 2.75) is 59.5 Å². The lowest BCUT2D eigenvalue weighted by Gasteiger charge is -2.38. The summed E-state index contributed by atoms with van der Waals surface area (Å²) in [6.07, 6.45) is 6.69. The van der Waals surface area contributed by atoms with Crippen LogP contribution in [0.3, 0.4) is 0 Å². The molecule has 194 valence electrons. The molecule has 0 N–H and O–H groups in total. The molecule has 0 aliphatic carbocycles. The zero-order chi connectivity index (χ0) is 26.4. The number of carbonyl (C=O) groups excluding carboxylic acids is 1. The number of nitrogens with zero attached hydrogens (tertiary/aromatic N) is 3. The first kappa shape index (κ1) is 26.8. The number of pyridine rings is 1. The lowest BCUT2D eigenvalue weighted by molar-refractivity contribution is 0.0540. The Balaban J connectivity index is 1.52. The van der Waals surface area contributed by atoms with Crippen molar-refractivity contribution >= 4 is 12.0 Å². The number of aryl methyl sites for hydroxylation is 2. The number of likely N-dealkylation sites (tertiary alicyclic amines) is 1. The van der Waals surface area contributed by atoms with Gasteiger partial charge in [-0.15, -0.1) is 0 Å². The number of piperidine rings is 1. The number of carbonyl (C=O) groups is 1. The summed E-state index contributed by atoms with van der Waals surface area (Å²) in [5, 5.41) is 0. The lowest BCUT2D eigenvalue weighted by atomic mass is 9.98. The van der Waals surface area contributed by atoms with E-state index in [2.05, 4.69) is 91.5 Å². The minimum absolute atomic E-state index is 0.00891. The Morgan fingerprint density at radius 2 is 1.70 bits per heavy atom. The normalized spacial score (nSPS) is 14.6. The number of amides is 1. The molecule has 1 aliphatic rings. The van der Waals surface area contributed by atoms with Gasteiger partial charge in [0.2, 0.25) is 0 Å². The van der Waals surface area contributed by atoms with E-state index in [1.165, 1.54) is 28.7 Å². The number of hydrogen-bond acceptors (Lipinski definition) is 3. The van der Waals surface area contributed by atoms with E-state index < -0.39 is 0 Å². The summed E-state index contributed by atoms with van der Waals surface area (Å²) in [6, 6.07) is 19.3. The molecule has 1 fully saturated rings. The van der Waals surface area contributed by atoms with E-state index in [1.807, 2.05) is 12.1 Å². The Labute approximate surface area is 223 Å². The molecule has 1 amide bonds. The Bertz CT molecular complexity index is 1170. The second-order valence-electron chi connectivity index (χ2n) is 10.9. The molecule has 4 nitrogen and oxygen atoms in total. The SMILES string of the molecule is C=Cc1ccc(C(=O)N(Cc2ccc(-c3cc(C)cc(C)c3)cc2)C2CCN(CCC(C)C)CC2)nc1. The molecule has 0 atom stereocenters. The summed E-state index contributed by atoms with van der Waals surface area (Å²) in [7, 11) is 0. The van der Waals surface area contributed by atoms with Gasteiger partial charge >= 0.3 is 0 Å². The van der Waals surface area contributed by atoms with Crippen molar-refractivity contribution < 1.29 is 4.79 Å². The maximum atomic E-state index is 13.7.